The van der Waals surface area contributed by atoms with Gasteiger partial charge in [0.25, 0.3) is 0 Å². The molecule has 168 valence electrons. The van der Waals surface area contributed by atoms with Gasteiger partial charge in [-0.05, 0) is 44.9 Å². The van der Waals surface area contributed by atoms with Gasteiger partial charge in [0.15, 0.2) is 0 Å². The molecule has 0 aliphatic rings. The zero-order valence-corrected chi connectivity index (χ0v) is 18.8. The maximum absolute atomic E-state index is 12.9. The van der Waals surface area contributed by atoms with Crippen LogP contribution >= 0.6 is 0 Å². The number of rotatable bonds is 7. The Balaban J connectivity index is 1.81. The predicted octanol–water partition coefficient (Wildman–Crippen LogP) is 4.17. The molecule has 1 amide bonds. The lowest BCUT2D eigenvalue weighted by Crippen LogP contribution is -2.45. The van der Waals surface area contributed by atoms with Crippen LogP contribution in [-0.4, -0.2) is 34.7 Å². The molecule has 1 atom stereocenters. The van der Waals surface area contributed by atoms with Crippen LogP contribution in [0.1, 0.15) is 37.5 Å². The van der Waals surface area contributed by atoms with Crippen molar-refractivity contribution in [3.8, 4) is 0 Å². The summed E-state index contributed by atoms with van der Waals surface area (Å²) in [6.45, 7) is 7.30. The molecule has 0 radical (unpaired) electrons. The number of benzene rings is 2. The molecule has 1 heterocycles. The number of carbonyl (C=O) groups excluding carboxylic acids is 3. The molecule has 0 spiro atoms. The number of hydrogen-bond acceptors (Lipinski definition) is 5. The number of hydrogen-bond donors (Lipinski definition) is 1. The summed E-state index contributed by atoms with van der Waals surface area (Å²) in [6, 6.07) is 14.0. The summed E-state index contributed by atoms with van der Waals surface area (Å²) in [6.07, 6.45) is 1.80. The van der Waals surface area contributed by atoms with Gasteiger partial charge in [-0.2, -0.15) is 0 Å². The quantitative estimate of drug-likeness (QED) is 0.444. The van der Waals surface area contributed by atoms with E-state index in [0.29, 0.717) is 6.41 Å². The molecule has 0 unspecified atom stereocenters. The summed E-state index contributed by atoms with van der Waals surface area (Å²) in [5, 5.41) is 3.45. The van der Waals surface area contributed by atoms with E-state index in [1.165, 1.54) is 4.57 Å². The van der Waals surface area contributed by atoms with Crippen LogP contribution in [0.4, 0.5) is 4.79 Å². The van der Waals surface area contributed by atoms with Crippen LogP contribution in [0.3, 0.4) is 0 Å². The Bertz CT molecular complexity index is 1110. The van der Waals surface area contributed by atoms with Crippen LogP contribution in [0.25, 0.3) is 10.9 Å². The van der Waals surface area contributed by atoms with Crippen molar-refractivity contribution in [2.75, 3.05) is 0 Å². The minimum atomic E-state index is -0.985. The first-order valence-corrected chi connectivity index (χ1v) is 10.4. The Labute approximate surface area is 187 Å². The number of fused-ring (bicyclic) bond motifs is 1. The number of nitrogens with zero attached hydrogens (tertiary/aromatic N) is 1. The van der Waals surface area contributed by atoms with Crippen LogP contribution in [0.15, 0.2) is 54.7 Å². The van der Waals surface area contributed by atoms with E-state index in [2.05, 4.69) is 5.32 Å². The number of carbonyl (C=O) groups is 3. The normalized spacial score (nSPS) is 12.2. The average molecular weight is 437 g/mol. The molecular formula is C25H28N2O5. The summed E-state index contributed by atoms with van der Waals surface area (Å²) in [5.41, 5.74) is 2.70. The summed E-state index contributed by atoms with van der Waals surface area (Å²) >= 11 is 0. The van der Waals surface area contributed by atoms with Crippen molar-refractivity contribution in [1.29, 1.82) is 0 Å². The highest BCUT2D eigenvalue weighted by Crippen LogP contribution is 2.22. The molecule has 0 aliphatic carbocycles. The number of alkyl carbamates (subject to hydrolysis) is 1. The highest BCUT2D eigenvalue weighted by molar-refractivity contribution is 5.90. The largest absolute Gasteiger partial charge is 0.459 e. The van der Waals surface area contributed by atoms with Crippen LogP contribution in [0.5, 0.6) is 0 Å². The minimum absolute atomic E-state index is 0.0850. The molecule has 1 aromatic heterocycles. The van der Waals surface area contributed by atoms with Crippen LogP contribution < -0.4 is 5.32 Å². The van der Waals surface area contributed by atoms with E-state index in [9.17, 15) is 14.4 Å². The molecule has 7 heteroatoms. The average Bonchev–Trinajstić information content (AvgIpc) is 3.09. The van der Waals surface area contributed by atoms with Gasteiger partial charge in [0.2, 0.25) is 6.41 Å². The first-order valence-electron chi connectivity index (χ1n) is 10.4. The number of esters is 1. The Morgan fingerprint density at radius 2 is 1.78 bits per heavy atom. The monoisotopic (exact) mass is 436 g/mol. The molecule has 0 aliphatic heterocycles. The van der Waals surface area contributed by atoms with Gasteiger partial charge in [0.05, 0.1) is 5.52 Å². The van der Waals surface area contributed by atoms with Gasteiger partial charge in [0, 0.05) is 18.0 Å². The maximum atomic E-state index is 12.9. The molecular weight excluding hydrogens is 408 g/mol. The fourth-order valence-corrected chi connectivity index (χ4v) is 3.33. The molecule has 0 bridgehead atoms. The van der Waals surface area contributed by atoms with Crippen LogP contribution in [0.2, 0.25) is 0 Å². The van der Waals surface area contributed by atoms with E-state index < -0.39 is 23.7 Å². The van der Waals surface area contributed by atoms with E-state index in [-0.39, 0.29) is 13.0 Å². The third-order valence-corrected chi connectivity index (χ3v) is 4.84. The fraction of sp³-hybridized carbons (Fsp3) is 0.320. The Kier molecular flexibility index (Phi) is 6.98. The first-order chi connectivity index (χ1) is 15.2. The number of amides is 1. The number of nitrogens with one attached hydrogen (secondary N) is 1. The van der Waals surface area contributed by atoms with E-state index in [4.69, 9.17) is 9.47 Å². The molecule has 3 rings (SSSR count). The Morgan fingerprint density at radius 3 is 2.44 bits per heavy atom. The first kappa shape index (κ1) is 23.1. The standard InChI is InChI=1S/C25H28N2O5/c1-17-9-11-18(12-10-17)15-31-23(29)21(26-24(30)32-25(2,3)4)13-19-14-27(16-28)22-8-6-5-7-20(19)22/h5-12,14,16,21H,13,15H2,1-4H3,(H,26,30)/t21-/m0/s1. The van der Waals surface area contributed by atoms with Gasteiger partial charge in [-0.3, -0.25) is 9.36 Å². The third kappa shape index (κ3) is 5.97. The second kappa shape index (κ2) is 9.68. The van der Waals surface area contributed by atoms with Crippen molar-refractivity contribution in [1.82, 2.24) is 9.88 Å². The zero-order chi connectivity index (χ0) is 23.3. The second-order valence-electron chi connectivity index (χ2n) is 8.68. The topological polar surface area (TPSA) is 86.6 Å². The van der Waals surface area contributed by atoms with Crippen molar-refractivity contribution in [2.45, 2.75) is 52.4 Å². The number of para-hydroxylation sites is 1. The molecule has 3 aromatic rings. The predicted molar refractivity (Wildman–Crippen MR) is 122 cm³/mol. The molecule has 1 N–H and O–H groups in total. The number of aromatic nitrogens is 1. The smallest absolute Gasteiger partial charge is 0.408 e. The molecule has 0 fully saturated rings. The van der Waals surface area contributed by atoms with E-state index in [1.807, 2.05) is 55.5 Å². The van der Waals surface area contributed by atoms with E-state index in [0.717, 1.165) is 27.6 Å². The lowest BCUT2D eigenvalue weighted by Gasteiger charge is -2.23. The maximum Gasteiger partial charge on any atom is 0.408 e. The summed E-state index contributed by atoms with van der Waals surface area (Å²) < 4.78 is 12.3. The summed E-state index contributed by atoms with van der Waals surface area (Å²) in [5.74, 6) is -0.584. The number of aryl methyl sites for hydroxylation is 1. The second-order valence-corrected chi connectivity index (χ2v) is 8.68. The Hall–Kier alpha value is -3.61. The highest BCUT2D eigenvalue weighted by atomic mass is 16.6. The lowest BCUT2D eigenvalue weighted by atomic mass is 10.1. The SMILES string of the molecule is Cc1ccc(COC(=O)[C@H](Cc2cn(C=O)c3ccccc23)NC(=O)OC(C)(C)C)cc1. The van der Waals surface area contributed by atoms with Crippen LogP contribution in [0, 0.1) is 6.92 Å². The third-order valence-electron chi connectivity index (χ3n) is 4.84. The van der Waals surface area contributed by atoms with Crippen molar-refractivity contribution >= 4 is 29.4 Å². The lowest BCUT2D eigenvalue weighted by molar-refractivity contribution is -0.147. The van der Waals surface area contributed by atoms with Crippen molar-refractivity contribution in [3.05, 3.63) is 71.4 Å². The van der Waals surface area contributed by atoms with Gasteiger partial charge in [-0.1, -0.05) is 48.0 Å². The number of ether oxygens (including phenoxy) is 2. The van der Waals surface area contributed by atoms with Crippen molar-refractivity contribution < 1.29 is 23.9 Å². The van der Waals surface area contributed by atoms with E-state index in [1.54, 1.807) is 27.0 Å². The molecule has 32 heavy (non-hydrogen) atoms. The highest BCUT2D eigenvalue weighted by Gasteiger charge is 2.27. The van der Waals surface area contributed by atoms with Gasteiger partial charge < -0.3 is 14.8 Å². The van der Waals surface area contributed by atoms with Crippen molar-refractivity contribution in [2.24, 2.45) is 0 Å². The van der Waals surface area contributed by atoms with Gasteiger partial charge >= 0.3 is 12.1 Å². The van der Waals surface area contributed by atoms with E-state index >= 15 is 0 Å². The molecule has 7 nitrogen and oxygen atoms in total. The zero-order valence-electron chi connectivity index (χ0n) is 18.8. The summed E-state index contributed by atoms with van der Waals surface area (Å²) in [7, 11) is 0. The Morgan fingerprint density at radius 1 is 1.09 bits per heavy atom. The van der Waals surface area contributed by atoms with Gasteiger partial charge in [-0.25, -0.2) is 9.59 Å². The molecule has 0 saturated heterocycles. The fourth-order valence-electron chi connectivity index (χ4n) is 3.33. The minimum Gasteiger partial charge on any atom is -0.459 e. The molecule has 0 saturated carbocycles. The van der Waals surface area contributed by atoms with Gasteiger partial charge in [-0.15, -0.1) is 0 Å². The summed E-state index contributed by atoms with van der Waals surface area (Å²) in [4.78, 5) is 36.8. The van der Waals surface area contributed by atoms with Gasteiger partial charge in [0.1, 0.15) is 18.2 Å². The molecule has 2 aromatic carbocycles. The van der Waals surface area contributed by atoms with Crippen LogP contribution in [-0.2, 0) is 32.1 Å². The van der Waals surface area contributed by atoms with Crippen molar-refractivity contribution in [3.63, 3.8) is 0 Å².